The zero-order chi connectivity index (χ0) is 16.4. The Bertz CT molecular complexity index is 284. The number of carbonyl (C=O) groups excluding carboxylic acids is 1. The topological polar surface area (TPSA) is 89.8 Å². The maximum Gasteiger partial charge on any atom is 0.217 e. The zero-order valence-electron chi connectivity index (χ0n) is 13.3. The quantitative estimate of drug-likeness (QED) is 0.423. The summed E-state index contributed by atoms with van der Waals surface area (Å²) in [5.74, 6) is 1.46. The van der Waals surface area contributed by atoms with Gasteiger partial charge in [0, 0.05) is 6.92 Å². The Hall–Kier alpha value is 0.0500. The van der Waals surface area contributed by atoms with Crippen molar-refractivity contribution in [1.29, 1.82) is 0 Å². The van der Waals surface area contributed by atoms with Gasteiger partial charge in [-0.2, -0.15) is 0 Å². The first-order valence-corrected chi connectivity index (χ1v) is 9.49. The maximum absolute atomic E-state index is 11.3. The van der Waals surface area contributed by atoms with Crippen molar-refractivity contribution in [2.24, 2.45) is 0 Å². The highest BCUT2D eigenvalue weighted by Gasteiger charge is 2.35. The van der Waals surface area contributed by atoms with Crippen LogP contribution in [-0.2, 0) is 4.79 Å². The van der Waals surface area contributed by atoms with E-state index in [0.717, 1.165) is 24.3 Å². The van der Waals surface area contributed by atoms with Gasteiger partial charge in [0.2, 0.25) is 5.91 Å². The summed E-state index contributed by atoms with van der Waals surface area (Å²) in [7, 11) is 0. The molecular formula is C14H29NO4S2. The summed E-state index contributed by atoms with van der Waals surface area (Å²) in [4.78, 5) is 11.3. The number of amides is 1. The van der Waals surface area contributed by atoms with Crippen molar-refractivity contribution in [2.75, 3.05) is 11.5 Å². The van der Waals surface area contributed by atoms with E-state index in [4.69, 9.17) is 0 Å². The summed E-state index contributed by atoms with van der Waals surface area (Å²) >= 11 is 3.25. The second kappa shape index (κ2) is 11.6. The molecule has 0 unspecified atom stereocenters. The van der Waals surface area contributed by atoms with E-state index in [0.29, 0.717) is 0 Å². The van der Waals surface area contributed by atoms with Gasteiger partial charge in [0.15, 0.2) is 0 Å². The average molecular weight is 340 g/mol. The fourth-order valence-corrected chi connectivity index (χ4v) is 4.42. The van der Waals surface area contributed by atoms with Crippen molar-refractivity contribution in [3.63, 3.8) is 0 Å². The Morgan fingerprint density at radius 3 is 1.86 bits per heavy atom. The minimum atomic E-state index is -1.20. The average Bonchev–Trinajstić information content (AvgIpc) is 2.43. The molecule has 4 atom stereocenters. The molecule has 126 valence electrons. The SMILES string of the molecule is CCCSC(SCCC)[C@H](O)[C@@H](NC(C)=O)[C@H](O)[C@H](C)O. The van der Waals surface area contributed by atoms with Crippen LogP contribution in [0, 0.1) is 0 Å². The molecule has 0 saturated carbocycles. The highest BCUT2D eigenvalue weighted by Crippen LogP contribution is 2.30. The molecule has 21 heavy (non-hydrogen) atoms. The lowest BCUT2D eigenvalue weighted by atomic mass is 10.0. The third-order valence-electron chi connectivity index (χ3n) is 2.85. The first-order valence-electron chi connectivity index (χ1n) is 7.39. The minimum Gasteiger partial charge on any atom is -0.391 e. The molecule has 1 amide bonds. The standard InChI is InChI=1S/C14H29NO4S2/c1-5-7-20-14(21-8-6-2)13(19)11(15-10(4)17)12(18)9(3)16/h9,11-14,16,18-19H,5-8H2,1-4H3,(H,15,17)/t9-,11-,12+,13+/m0/s1. The smallest absolute Gasteiger partial charge is 0.217 e. The minimum absolute atomic E-state index is 0.143. The van der Waals surface area contributed by atoms with Crippen molar-refractivity contribution in [1.82, 2.24) is 5.32 Å². The summed E-state index contributed by atoms with van der Waals surface area (Å²) in [6.07, 6.45) is -1.17. The fraction of sp³-hybridized carbons (Fsp3) is 0.929. The van der Waals surface area contributed by atoms with Crippen LogP contribution < -0.4 is 5.32 Å². The summed E-state index contributed by atoms with van der Waals surface area (Å²) in [6.45, 7) is 6.91. The number of hydrogen-bond acceptors (Lipinski definition) is 6. The van der Waals surface area contributed by atoms with Gasteiger partial charge < -0.3 is 20.6 Å². The Morgan fingerprint density at radius 2 is 1.52 bits per heavy atom. The lowest BCUT2D eigenvalue weighted by Gasteiger charge is -2.33. The van der Waals surface area contributed by atoms with Crippen LogP contribution in [0.15, 0.2) is 0 Å². The molecular weight excluding hydrogens is 310 g/mol. The third kappa shape index (κ3) is 8.30. The molecule has 0 rings (SSSR count). The predicted molar refractivity (Wildman–Crippen MR) is 90.6 cm³/mol. The highest BCUT2D eigenvalue weighted by atomic mass is 32.2. The normalized spacial score (nSPS) is 17.3. The van der Waals surface area contributed by atoms with Crippen molar-refractivity contribution < 1.29 is 20.1 Å². The van der Waals surface area contributed by atoms with Crippen molar-refractivity contribution in [2.45, 2.75) is 69.5 Å². The van der Waals surface area contributed by atoms with Gasteiger partial charge in [0.1, 0.15) is 6.10 Å². The van der Waals surface area contributed by atoms with Crippen molar-refractivity contribution >= 4 is 29.4 Å². The Kier molecular flexibility index (Phi) is 11.6. The molecule has 4 N–H and O–H groups in total. The first kappa shape index (κ1) is 21.0. The van der Waals surface area contributed by atoms with E-state index in [9.17, 15) is 20.1 Å². The van der Waals surface area contributed by atoms with Crippen LogP contribution >= 0.6 is 23.5 Å². The molecule has 5 nitrogen and oxygen atoms in total. The summed E-state index contributed by atoms with van der Waals surface area (Å²) in [5.41, 5.74) is 0. The van der Waals surface area contributed by atoms with Crippen molar-refractivity contribution in [3.05, 3.63) is 0 Å². The second-order valence-electron chi connectivity index (χ2n) is 5.06. The molecule has 0 aromatic heterocycles. The van der Waals surface area contributed by atoms with Gasteiger partial charge in [-0.05, 0) is 31.3 Å². The summed E-state index contributed by atoms with van der Waals surface area (Å²) < 4.78 is -0.143. The number of hydrogen-bond donors (Lipinski definition) is 4. The van der Waals surface area contributed by atoms with Gasteiger partial charge >= 0.3 is 0 Å². The highest BCUT2D eigenvalue weighted by molar-refractivity contribution is 8.17. The van der Waals surface area contributed by atoms with E-state index in [-0.39, 0.29) is 10.5 Å². The van der Waals surface area contributed by atoms with Gasteiger partial charge in [0.05, 0.1) is 22.8 Å². The van der Waals surface area contributed by atoms with Gasteiger partial charge in [-0.3, -0.25) is 4.79 Å². The number of thioether (sulfide) groups is 2. The van der Waals surface area contributed by atoms with Crippen molar-refractivity contribution in [3.8, 4) is 0 Å². The van der Waals surface area contributed by atoms with E-state index in [1.165, 1.54) is 13.8 Å². The van der Waals surface area contributed by atoms with Crippen LogP contribution in [0.1, 0.15) is 40.5 Å². The molecule has 0 heterocycles. The van der Waals surface area contributed by atoms with E-state index >= 15 is 0 Å². The monoisotopic (exact) mass is 339 g/mol. The molecule has 0 aromatic rings. The van der Waals surface area contributed by atoms with Crippen LogP contribution in [0.5, 0.6) is 0 Å². The summed E-state index contributed by atoms with van der Waals surface area (Å²) in [5, 5.41) is 32.8. The van der Waals surface area contributed by atoms with E-state index in [1.807, 2.05) is 0 Å². The van der Waals surface area contributed by atoms with E-state index in [2.05, 4.69) is 19.2 Å². The summed E-state index contributed by atoms with van der Waals surface area (Å²) in [6, 6.07) is -0.874. The lowest BCUT2D eigenvalue weighted by molar-refractivity contribution is -0.123. The lowest BCUT2D eigenvalue weighted by Crippen LogP contribution is -2.56. The Balaban J connectivity index is 4.96. The van der Waals surface area contributed by atoms with Crippen LogP contribution in [0.25, 0.3) is 0 Å². The molecule has 0 aromatic carbocycles. The number of rotatable bonds is 11. The fourth-order valence-electron chi connectivity index (χ4n) is 1.79. The molecule has 0 fully saturated rings. The van der Waals surface area contributed by atoms with Crippen LogP contribution in [-0.4, -0.2) is 61.7 Å². The van der Waals surface area contributed by atoms with E-state index < -0.39 is 24.4 Å². The predicted octanol–water partition coefficient (Wildman–Crippen LogP) is 1.21. The second-order valence-corrected chi connectivity index (χ2v) is 7.86. The van der Waals surface area contributed by atoms with Crippen LogP contribution in [0.4, 0.5) is 0 Å². The van der Waals surface area contributed by atoms with Gasteiger partial charge in [-0.1, -0.05) is 13.8 Å². The van der Waals surface area contributed by atoms with Gasteiger partial charge in [-0.25, -0.2) is 0 Å². The number of carbonyl (C=O) groups is 1. The first-order chi connectivity index (χ1) is 9.84. The molecule has 0 aliphatic rings. The van der Waals surface area contributed by atoms with Crippen LogP contribution in [0.2, 0.25) is 0 Å². The maximum atomic E-state index is 11.3. The molecule has 0 radical (unpaired) electrons. The third-order valence-corrected chi connectivity index (χ3v) is 6.17. The number of aliphatic hydroxyl groups is 3. The Labute approximate surface area is 136 Å². The number of aliphatic hydroxyl groups excluding tert-OH is 3. The molecule has 0 saturated heterocycles. The largest absolute Gasteiger partial charge is 0.391 e. The molecule has 7 heteroatoms. The molecule has 0 aliphatic heterocycles. The van der Waals surface area contributed by atoms with E-state index in [1.54, 1.807) is 23.5 Å². The number of nitrogens with one attached hydrogen (secondary N) is 1. The van der Waals surface area contributed by atoms with Gasteiger partial charge in [0.25, 0.3) is 0 Å². The Morgan fingerprint density at radius 1 is 1.05 bits per heavy atom. The molecule has 0 spiro atoms. The molecule has 0 bridgehead atoms. The zero-order valence-corrected chi connectivity index (χ0v) is 14.9. The van der Waals surface area contributed by atoms with Gasteiger partial charge in [-0.15, -0.1) is 23.5 Å². The van der Waals surface area contributed by atoms with Crippen LogP contribution in [0.3, 0.4) is 0 Å². The molecule has 0 aliphatic carbocycles.